The van der Waals surface area contributed by atoms with E-state index in [1.165, 1.54) is 6.42 Å². The van der Waals surface area contributed by atoms with Gasteiger partial charge in [-0.3, -0.25) is 4.79 Å². The Morgan fingerprint density at radius 2 is 1.71 bits per heavy atom. The average Bonchev–Trinajstić information content (AvgIpc) is 2.14. The fourth-order valence-electron chi connectivity index (χ4n) is 1.39. The van der Waals surface area contributed by atoms with Gasteiger partial charge in [0, 0.05) is 12.8 Å². The van der Waals surface area contributed by atoms with E-state index in [1.807, 2.05) is 0 Å². The maximum atomic E-state index is 11.4. The summed E-state index contributed by atoms with van der Waals surface area (Å²) >= 11 is 0. The quantitative estimate of drug-likeness (QED) is 0.580. The molecule has 0 saturated carbocycles. The Morgan fingerprint density at radius 3 is 2.29 bits per heavy atom. The van der Waals surface area contributed by atoms with Gasteiger partial charge in [-0.2, -0.15) is 0 Å². The van der Waals surface area contributed by atoms with Crippen molar-refractivity contribution >= 4 is 5.78 Å². The van der Waals surface area contributed by atoms with Gasteiger partial charge in [-0.25, -0.2) is 0 Å². The summed E-state index contributed by atoms with van der Waals surface area (Å²) in [4.78, 5) is 11.4. The van der Waals surface area contributed by atoms with Gasteiger partial charge in [0.2, 0.25) is 0 Å². The predicted molar refractivity (Wildman–Crippen MR) is 61.2 cm³/mol. The van der Waals surface area contributed by atoms with Gasteiger partial charge >= 0.3 is 0 Å². The first kappa shape index (κ1) is 13.6. The van der Waals surface area contributed by atoms with Gasteiger partial charge < -0.3 is 5.73 Å². The minimum atomic E-state index is 0.437. The third kappa shape index (κ3) is 9.72. The summed E-state index contributed by atoms with van der Waals surface area (Å²) < 4.78 is 0. The van der Waals surface area contributed by atoms with Crippen LogP contribution in [0.4, 0.5) is 0 Å². The summed E-state index contributed by atoms with van der Waals surface area (Å²) in [6, 6.07) is 0. The predicted octanol–water partition coefficient (Wildman–Crippen LogP) is 2.90. The maximum Gasteiger partial charge on any atom is 0.132 e. The lowest BCUT2D eigenvalue weighted by molar-refractivity contribution is -0.119. The summed E-state index contributed by atoms with van der Waals surface area (Å²) in [7, 11) is 0. The van der Waals surface area contributed by atoms with Crippen molar-refractivity contribution in [3.63, 3.8) is 0 Å². The van der Waals surface area contributed by atoms with Crippen molar-refractivity contribution in [3.8, 4) is 0 Å². The second kappa shape index (κ2) is 9.20. The Kier molecular flexibility index (Phi) is 8.95. The highest BCUT2D eigenvalue weighted by Crippen LogP contribution is 2.09. The molecule has 0 unspecified atom stereocenters. The molecule has 0 aliphatic carbocycles. The fourth-order valence-corrected chi connectivity index (χ4v) is 1.39. The highest BCUT2D eigenvalue weighted by molar-refractivity contribution is 5.78. The molecule has 0 aliphatic rings. The van der Waals surface area contributed by atoms with Crippen LogP contribution in [0.2, 0.25) is 0 Å². The SMILES string of the molecule is CC(C)CCC(=O)CCCCCCN. The van der Waals surface area contributed by atoms with E-state index >= 15 is 0 Å². The Hall–Kier alpha value is -0.370. The van der Waals surface area contributed by atoms with Gasteiger partial charge in [0.1, 0.15) is 5.78 Å². The van der Waals surface area contributed by atoms with Crippen LogP contribution in [-0.2, 0) is 4.79 Å². The lowest BCUT2D eigenvalue weighted by atomic mass is 10.0. The number of carbonyl (C=O) groups excluding carboxylic acids is 1. The van der Waals surface area contributed by atoms with Crippen molar-refractivity contribution < 1.29 is 4.79 Å². The lowest BCUT2D eigenvalue weighted by Crippen LogP contribution is -2.01. The molecule has 0 radical (unpaired) electrons. The van der Waals surface area contributed by atoms with Gasteiger partial charge in [-0.1, -0.05) is 26.7 Å². The average molecular weight is 199 g/mol. The van der Waals surface area contributed by atoms with Crippen LogP contribution in [0.25, 0.3) is 0 Å². The van der Waals surface area contributed by atoms with Crippen LogP contribution < -0.4 is 5.73 Å². The molecule has 2 N–H and O–H groups in total. The third-order valence-electron chi connectivity index (χ3n) is 2.41. The number of unbranched alkanes of at least 4 members (excludes halogenated alkanes) is 3. The second-order valence-electron chi connectivity index (χ2n) is 4.42. The third-order valence-corrected chi connectivity index (χ3v) is 2.41. The normalized spacial score (nSPS) is 10.9. The van der Waals surface area contributed by atoms with Gasteiger partial charge in [-0.05, 0) is 31.7 Å². The van der Waals surface area contributed by atoms with Crippen LogP contribution in [0, 0.1) is 5.92 Å². The summed E-state index contributed by atoms with van der Waals surface area (Å²) in [6.45, 7) is 5.10. The van der Waals surface area contributed by atoms with Crippen LogP contribution in [0.15, 0.2) is 0 Å². The summed E-state index contributed by atoms with van der Waals surface area (Å²) in [5.41, 5.74) is 5.38. The van der Waals surface area contributed by atoms with E-state index in [-0.39, 0.29) is 0 Å². The van der Waals surface area contributed by atoms with Crippen molar-refractivity contribution in [1.29, 1.82) is 0 Å². The van der Waals surface area contributed by atoms with E-state index in [9.17, 15) is 4.79 Å². The molecular weight excluding hydrogens is 174 g/mol. The number of rotatable bonds is 9. The molecule has 14 heavy (non-hydrogen) atoms. The molecule has 0 saturated heterocycles. The molecule has 0 amide bonds. The van der Waals surface area contributed by atoms with E-state index < -0.39 is 0 Å². The van der Waals surface area contributed by atoms with Crippen LogP contribution in [0.3, 0.4) is 0 Å². The number of nitrogens with two attached hydrogens (primary N) is 1. The molecule has 0 aromatic rings. The van der Waals surface area contributed by atoms with Crippen molar-refractivity contribution in [2.45, 2.75) is 58.8 Å². The van der Waals surface area contributed by atoms with E-state index in [0.717, 1.165) is 45.1 Å². The first-order valence-electron chi connectivity index (χ1n) is 5.88. The highest BCUT2D eigenvalue weighted by atomic mass is 16.1. The zero-order valence-corrected chi connectivity index (χ0v) is 9.72. The first-order chi connectivity index (χ1) is 6.66. The van der Waals surface area contributed by atoms with E-state index in [4.69, 9.17) is 5.73 Å². The van der Waals surface area contributed by atoms with Gasteiger partial charge in [0.05, 0.1) is 0 Å². The lowest BCUT2D eigenvalue weighted by Gasteiger charge is -2.03. The maximum absolute atomic E-state index is 11.4. The Balaban J connectivity index is 3.18. The van der Waals surface area contributed by atoms with Crippen LogP contribution in [0.5, 0.6) is 0 Å². The van der Waals surface area contributed by atoms with Gasteiger partial charge in [-0.15, -0.1) is 0 Å². The largest absolute Gasteiger partial charge is 0.330 e. The zero-order chi connectivity index (χ0) is 10.8. The van der Waals surface area contributed by atoms with E-state index in [0.29, 0.717) is 11.7 Å². The number of hydrogen-bond donors (Lipinski definition) is 1. The Morgan fingerprint density at radius 1 is 1.07 bits per heavy atom. The molecule has 0 spiro atoms. The smallest absolute Gasteiger partial charge is 0.132 e. The van der Waals surface area contributed by atoms with Crippen molar-refractivity contribution in [2.24, 2.45) is 11.7 Å². The molecule has 2 nitrogen and oxygen atoms in total. The summed E-state index contributed by atoms with van der Waals surface area (Å²) in [5, 5.41) is 0. The molecule has 0 aromatic heterocycles. The van der Waals surface area contributed by atoms with Crippen molar-refractivity contribution in [3.05, 3.63) is 0 Å². The first-order valence-corrected chi connectivity index (χ1v) is 5.88. The standard InChI is InChI=1S/C12H25NO/c1-11(2)8-9-12(14)7-5-3-4-6-10-13/h11H,3-10,13H2,1-2H3. The molecule has 0 bridgehead atoms. The van der Waals surface area contributed by atoms with Gasteiger partial charge in [0.25, 0.3) is 0 Å². The van der Waals surface area contributed by atoms with Crippen molar-refractivity contribution in [2.75, 3.05) is 6.54 Å². The molecule has 0 atom stereocenters. The molecule has 2 heteroatoms. The number of ketones is 1. The van der Waals surface area contributed by atoms with Crippen LogP contribution in [0.1, 0.15) is 58.8 Å². The van der Waals surface area contributed by atoms with E-state index in [1.54, 1.807) is 0 Å². The number of Topliss-reactive ketones (excluding diaryl/α,β-unsaturated/α-hetero) is 1. The highest BCUT2D eigenvalue weighted by Gasteiger charge is 2.03. The molecule has 84 valence electrons. The minimum Gasteiger partial charge on any atom is -0.330 e. The summed E-state index contributed by atoms with van der Waals surface area (Å²) in [6.07, 6.45) is 7.07. The Labute approximate surface area is 88.3 Å². The van der Waals surface area contributed by atoms with Gasteiger partial charge in [0.15, 0.2) is 0 Å². The monoisotopic (exact) mass is 199 g/mol. The van der Waals surface area contributed by atoms with Crippen LogP contribution in [-0.4, -0.2) is 12.3 Å². The number of hydrogen-bond acceptors (Lipinski definition) is 2. The molecule has 0 rings (SSSR count). The second-order valence-corrected chi connectivity index (χ2v) is 4.42. The topological polar surface area (TPSA) is 43.1 Å². The molecule has 0 aromatic carbocycles. The zero-order valence-electron chi connectivity index (χ0n) is 9.72. The number of carbonyl (C=O) groups is 1. The fraction of sp³-hybridized carbons (Fsp3) is 0.917. The molecule has 0 aliphatic heterocycles. The molecule has 0 heterocycles. The van der Waals surface area contributed by atoms with Crippen LogP contribution >= 0.6 is 0 Å². The molecular formula is C12H25NO. The molecule has 0 fully saturated rings. The summed E-state index contributed by atoms with van der Waals surface area (Å²) in [5.74, 6) is 1.09. The van der Waals surface area contributed by atoms with E-state index in [2.05, 4.69) is 13.8 Å². The Bertz CT molecular complexity index is 143. The minimum absolute atomic E-state index is 0.437. The van der Waals surface area contributed by atoms with Crippen molar-refractivity contribution in [1.82, 2.24) is 0 Å².